The van der Waals surface area contributed by atoms with Crippen LogP contribution in [0.3, 0.4) is 0 Å². The van der Waals surface area contributed by atoms with Gasteiger partial charge in [-0.2, -0.15) is 0 Å². The van der Waals surface area contributed by atoms with Gasteiger partial charge in [-0.1, -0.05) is 153 Å². The maximum atomic E-state index is 7.15. The molecule has 0 fully saturated rings. The highest BCUT2D eigenvalue weighted by atomic mass is 16.5. The van der Waals surface area contributed by atoms with Gasteiger partial charge in [-0.3, -0.25) is 0 Å². The minimum atomic E-state index is -0.179. The summed E-state index contributed by atoms with van der Waals surface area (Å²) >= 11 is 0. The Balaban J connectivity index is 2.65. The van der Waals surface area contributed by atoms with Gasteiger partial charge in [0, 0.05) is 12.0 Å². The molecule has 0 atom stereocenters. The van der Waals surface area contributed by atoms with E-state index in [9.17, 15) is 0 Å². The molecule has 0 aliphatic rings. The molecule has 0 N–H and O–H groups in total. The molecular formula is C33H52O. The van der Waals surface area contributed by atoms with Gasteiger partial charge in [-0.05, 0) is 36.8 Å². The molecule has 0 aliphatic heterocycles. The summed E-state index contributed by atoms with van der Waals surface area (Å²) in [6.45, 7) is 10.0. The minimum absolute atomic E-state index is 0.125. The molecule has 190 valence electrons. The monoisotopic (exact) mass is 464 g/mol. The van der Waals surface area contributed by atoms with Gasteiger partial charge in [0.05, 0.1) is 5.60 Å². The van der Waals surface area contributed by atoms with Crippen molar-refractivity contribution < 1.29 is 4.74 Å². The predicted molar refractivity (Wildman–Crippen MR) is 150 cm³/mol. The van der Waals surface area contributed by atoms with E-state index in [1.165, 1.54) is 75.3 Å². The Morgan fingerprint density at radius 2 is 0.971 bits per heavy atom. The van der Waals surface area contributed by atoms with Crippen molar-refractivity contribution in [2.45, 2.75) is 129 Å². The van der Waals surface area contributed by atoms with Crippen LogP contribution in [0.25, 0.3) is 0 Å². The first-order chi connectivity index (χ1) is 16.7. The predicted octanol–water partition coefficient (Wildman–Crippen LogP) is 10.3. The zero-order chi connectivity index (χ0) is 24.5. The molecule has 34 heavy (non-hydrogen) atoms. The average molecular weight is 465 g/mol. The van der Waals surface area contributed by atoms with E-state index in [2.05, 4.69) is 88.4 Å². The van der Waals surface area contributed by atoms with Crippen molar-refractivity contribution in [3.63, 3.8) is 0 Å². The van der Waals surface area contributed by atoms with E-state index in [0.29, 0.717) is 0 Å². The second-order valence-corrected chi connectivity index (χ2v) is 10.2. The normalized spacial score (nSPS) is 12.2. The van der Waals surface area contributed by atoms with E-state index in [1.54, 1.807) is 0 Å². The molecule has 0 aliphatic carbocycles. The molecule has 0 saturated carbocycles. The molecule has 1 heteroatoms. The molecule has 2 rings (SSSR count). The van der Waals surface area contributed by atoms with Crippen molar-refractivity contribution in [1.82, 2.24) is 0 Å². The molecule has 0 heterocycles. The van der Waals surface area contributed by atoms with Gasteiger partial charge in [-0.15, -0.1) is 0 Å². The van der Waals surface area contributed by atoms with Crippen LogP contribution in [-0.4, -0.2) is 12.2 Å². The molecule has 0 aromatic heterocycles. The lowest BCUT2D eigenvalue weighted by atomic mass is 9.57. The van der Waals surface area contributed by atoms with Crippen molar-refractivity contribution in [1.29, 1.82) is 0 Å². The van der Waals surface area contributed by atoms with Crippen molar-refractivity contribution in [2.75, 3.05) is 6.61 Å². The lowest BCUT2D eigenvalue weighted by Gasteiger charge is -2.52. The zero-order valence-corrected chi connectivity index (χ0v) is 22.8. The largest absolute Gasteiger partial charge is 0.374 e. The highest BCUT2D eigenvalue weighted by Gasteiger charge is 2.53. The molecule has 2 aromatic rings. The second kappa shape index (κ2) is 16.1. The molecule has 0 radical (unpaired) electrons. The first-order valence-corrected chi connectivity index (χ1v) is 14.5. The van der Waals surface area contributed by atoms with Crippen LogP contribution in [0.1, 0.15) is 129 Å². The Labute approximate surface area is 211 Å². The van der Waals surface area contributed by atoms with E-state index < -0.39 is 0 Å². The quantitative estimate of drug-likeness (QED) is 0.188. The van der Waals surface area contributed by atoms with Gasteiger partial charge in [0.1, 0.15) is 0 Å². The Morgan fingerprint density at radius 3 is 1.44 bits per heavy atom. The Kier molecular flexibility index (Phi) is 13.6. The van der Waals surface area contributed by atoms with Crippen LogP contribution in [-0.2, 0) is 10.2 Å². The van der Waals surface area contributed by atoms with Gasteiger partial charge < -0.3 is 4.74 Å². The van der Waals surface area contributed by atoms with Gasteiger partial charge in [0.15, 0.2) is 0 Å². The highest BCUT2D eigenvalue weighted by molar-refractivity contribution is 5.44. The van der Waals surface area contributed by atoms with Crippen LogP contribution in [0.15, 0.2) is 60.7 Å². The first kappa shape index (κ1) is 28.6. The van der Waals surface area contributed by atoms with E-state index in [-0.39, 0.29) is 11.0 Å². The summed E-state index contributed by atoms with van der Waals surface area (Å²) < 4.78 is 7.15. The van der Waals surface area contributed by atoms with Crippen LogP contribution < -0.4 is 0 Å². The topological polar surface area (TPSA) is 9.23 Å². The van der Waals surface area contributed by atoms with Crippen molar-refractivity contribution in [2.24, 2.45) is 0 Å². The second-order valence-electron chi connectivity index (χ2n) is 10.2. The number of unbranched alkanes of at least 4 members (excludes halogenated alkanes) is 7. The van der Waals surface area contributed by atoms with Gasteiger partial charge in [-0.25, -0.2) is 0 Å². The van der Waals surface area contributed by atoms with Crippen LogP contribution in [0.4, 0.5) is 0 Å². The number of hydrogen-bond donors (Lipinski definition) is 0. The summed E-state index contributed by atoms with van der Waals surface area (Å²) in [5, 5.41) is 0. The number of benzene rings is 2. The summed E-state index contributed by atoms with van der Waals surface area (Å²) in [6, 6.07) is 22.8. The van der Waals surface area contributed by atoms with Gasteiger partial charge >= 0.3 is 0 Å². The number of ether oxygens (including phenoxy) is 1. The first-order valence-electron chi connectivity index (χ1n) is 14.5. The van der Waals surface area contributed by atoms with Crippen LogP contribution in [0.5, 0.6) is 0 Å². The average Bonchev–Trinajstić information content (AvgIpc) is 2.89. The van der Waals surface area contributed by atoms with E-state index in [4.69, 9.17) is 4.74 Å². The van der Waals surface area contributed by atoms with Crippen LogP contribution in [0.2, 0.25) is 0 Å². The summed E-state index contributed by atoms with van der Waals surface area (Å²) in [5.41, 5.74) is 2.58. The molecule has 0 spiro atoms. The molecular weight excluding hydrogens is 412 g/mol. The molecule has 0 saturated heterocycles. The summed E-state index contributed by atoms with van der Waals surface area (Å²) in [7, 11) is 0. The van der Waals surface area contributed by atoms with Crippen molar-refractivity contribution in [3.8, 4) is 0 Å². The van der Waals surface area contributed by atoms with E-state index in [1.807, 2.05) is 0 Å². The molecule has 0 bridgehead atoms. The molecule has 2 aromatic carbocycles. The third kappa shape index (κ3) is 7.45. The fraction of sp³-hybridized carbons (Fsp3) is 0.636. The molecule has 0 amide bonds. The Bertz CT molecular complexity index is 674. The maximum absolute atomic E-state index is 7.15. The zero-order valence-electron chi connectivity index (χ0n) is 22.8. The number of hydrogen-bond acceptors (Lipinski definition) is 1. The lowest BCUT2D eigenvalue weighted by Crippen LogP contribution is -2.54. The molecule has 0 unspecified atom stereocenters. The maximum Gasteiger partial charge on any atom is 0.0819 e. The summed E-state index contributed by atoms with van der Waals surface area (Å²) in [5.74, 6) is 0. The van der Waals surface area contributed by atoms with E-state index >= 15 is 0 Å². The van der Waals surface area contributed by atoms with E-state index in [0.717, 1.165) is 32.3 Å². The highest BCUT2D eigenvalue weighted by Crippen LogP contribution is 2.52. The Hall–Kier alpha value is -1.60. The summed E-state index contributed by atoms with van der Waals surface area (Å²) in [4.78, 5) is 0. The molecule has 1 nitrogen and oxygen atoms in total. The van der Waals surface area contributed by atoms with Crippen molar-refractivity contribution >= 4 is 0 Å². The third-order valence-electron chi connectivity index (χ3n) is 7.67. The third-order valence-corrected chi connectivity index (χ3v) is 7.67. The van der Waals surface area contributed by atoms with Gasteiger partial charge in [0.25, 0.3) is 0 Å². The Morgan fingerprint density at radius 1 is 0.500 bits per heavy atom. The lowest BCUT2D eigenvalue weighted by molar-refractivity contribution is -0.108. The smallest absolute Gasteiger partial charge is 0.0819 e. The minimum Gasteiger partial charge on any atom is -0.374 e. The SMILES string of the molecule is CCCCCCCCC(c1ccccc1)(c1ccccc1)C(CCCC)(CCCC)OCCC. The fourth-order valence-corrected chi connectivity index (χ4v) is 5.87. The number of rotatable bonds is 19. The summed E-state index contributed by atoms with van der Waals surface area (Å²) in [6.07, 6.45) is 17.3. The van der Waals surface area contributed by atoms with Gasteiger partial charge in [0.2, 0.25) is 0 Å². The van der Waals surface area contributed by atoms with Crippen molar-refractivity contribution in [3.05, 3.63) is 71.8 Å². The standard InChI is InChI=1S/C33H52O/c1-5-9-12-13-14-21-28-33(30-22-17-15-18-23-30,31-24-19-16-20-25-31)32(26-10-6-2,27-11-7-3)34-29-8-4/h15-20,22-25H,5-14,21,26-29H2,1-4H3. The fourth-order valence-electron chi connectivity index (χ4n) is 5.87. The van der Waals surface area contributed by atoms with Crippen LogP contribution >= 0.6 is 0 Å². The van der Waals surface area contributed by atoms with Crippen LogP contribution in [0, 0.1) is 0 Å².